The molecule has 33 heavy (non-hydrogen) atoms. The molecule has 0 aliphatic heterocycles. The molecule has 0 atom stereocenters. The molecule has 0 spiro atoms. The Labute approximate surface area is 191 Å². The maximum absolute atomic E-state index is 13.4. The van der Waals surface area contributed by atoms with Gasteiger partial charge in [-0.1, -0.05) is 12.1 Å². The van der Waals surface area contributed by atoms with Crippen LogP contribution in [-0.2, 0) is 10.0 Å². The van der Waals surface area contributed by atoms with Gasteiger partial charge in [-0.05, 0) is 50.2 Å². The highest BCUT2D eigenvalue weighted by molar-refractivity contribution is 7.92. The number of methoxy groups -OCH3 is 1. The number of hydrogen-bond acceptors (Lipinski definition) is 7. The van der Waals surface area contributed by atoms with Crippen molar-refractivity contribution >= 4 is 38.3 Å². The van der Waals surface area contributed by atoms with Gasteiger partial charge in [0.2, 0.25) is 0 Å². The van der Waals surface area contributed by atoms with Gasteiger partial charge >= 0.3 is 0 Å². The summed E-state index contributed by atoms with van der Waals surface area (Å²) in [5, 5.41) is 0.473. The third-order valence-corrected chi connectivity index (χ3v) is 6.58. The number of fused-ring (bicyclic) bond motifs is 1. The van der Waals surface area contributed by atoms with Crippen molar-refractivity contribution in [2.75, 3.05) is 17.6 Å². The molecule has 2 heterocycles. The molecular weight excluding hydrogens is 442 g/mol. The molecule has 0 radical (unpaired) electrons. The Hall–Kier alpha value is -3.92. The Bertz CT molecular complexity index is 1440. The van der Waals surface area contributed by atoms with Crippen LogP contribution in [0.25, 0.3) is 11.0 Å². The number of nitrogens with one attached hydrogen (secondary N) is 1. The largest absolute Gasteiger partial charge is 0.497 e. The molecule has 170 valence electrons. The van der Waals surface area contributed by atoms with Gasteiger partial charge in [0.15, 0.2) is 5.78 Å². The Balaban J connectivity index is 1.69. The van der Waals surface area contributed by atoms with Crippen molar-refractivity contribution in [3.8, 4) is 5.75 Å². The van der Waals surface area contributed by atoms with E-state index in [9.17, 15) is 13.2 Å². The third-order valence-electron chi connectivity index (χ3n) is 5.19. The van der Waals surface area contributed by atoms with Gasteiger partial charge in [-0.15, -0.1) is 0 Å². The van der Waals surface area contributed by atoms with Crippen molar-refractivity contribution in [1.82, 2.24) is 14.5 Å². The summed E-state index contributed by atoms with van der Waals surface area (Å²) in [7, 11) is -2.35. The van der Waals surface area contributed by atoms with Crippen LogP contribution in [0.15, 0.2) is 66.0 Å². The van der Waals surface area contributed by atoms with E-state index in [2.05, 4.69) is 14.7 Å². The first-order valence-corrected chi connectivity index (χ1v) is 11.6. The van der Waals surface area contributed by atoms with Gasteiger partial charge in [-0.3, -0.25) is 9.52 Å². The minimum absolute atomic E-state index is 0.0472. The van der Waals surface area contributed by atoms with Crippen molar-refractivity contribution < 1.29 is 17.9 Å². The fourth-order valence-corrected chi connectivity index (χ4v) is 4.57. The second-order valence-electron chi connectivity index (χ2n) is 7.69. The molecule has 2 aromatic carbocycles. The molecule has 3 N–H and O–H groups in total. The lowest BCUT2D eigenvalue weighted by atomic mass is 10.0. The van der Waals surface area contributed by atoms with Crippen LogP contribution >= 0.6 is 0 Å². The van der Waals surface area contributed by atoms with Crippen molar-refractivity contribution in [3.05, 3.63) is 72.2 Å². The van der Waals surface area contributed by atoms with E-state index in [0.717, 1.165) is 0 Å². The number of ketones is 1. The van der Waals surface area contributed by atoms with Crippen LogP contribution in [0, 0.1) is 0 Å². The number of aromatic nitrogens is 3. The molecule has 4 rings (SSSR count). The standard InChI is InChI=1S/C23H23N5O4S/c1-14(2)28-12-19(20-22(24)25-13-26-23(20)28)21(29)15-5-4-6-16(11-15)27-33(30,31)18-9-7-17(32-3)8-10-18/h4-14,27H,1-3H3,(H2,24,25,26). The monoisotopic (exact) mass is 465 g/mol. The lowest BCUT2D eigenvalue weighted by Crippen LogP contribution is -2.13. The van der Waals surface area contributed by atoms with E-state index in [1.165, 1.54) is 31.6 Å². The minimum Gasteiger partial charge on any atom is -0.497 e. The minimum atomic E-state index is -3.85. The van der Waals surface area contributed by atoms with E-state index in [0.29, 0.717) is 27.9 Å². The number of nitrogens with two attached hydrogens (primary N) is 1. The lowest BCUT2D eigenvalue weighted by Gasteiger charge is -2.10. The van der Waals surface area contributed by atoms with E-state index < -0.39 is 10.0 Å². The topological polar surface area (TPSA) is 129 Å². The summed E-state index contributed by atoms with van der Waals surface area (Å²) in [6.45, 7) is 3.95. The summed E-state index contributed by atoms with van der Waals surface area (Å²) in [4.78, 5) is 21.8. The van der Waals surface area contributed by atoms with Crippen LogP contribution in [-0.4, -0.2) is 35.8 Å². The summed E-state index contributed by atoms with van der Waals surface area (Å²) < 4.78 is 35.0. The molecule has 9 nitrogen and oxygen atoms in total. The number of benzene rings is 2. The summed E-state index contributed by atoms with van der Waals surface area (Å²) in [6, 6.07) is 12.4. The van der Waals surface area contributed by atoms with Crippen molar-refractivity contribution in [3.63, 3.8) is 0 Å². The van der Waals surface area contributed by atoms with Crippen LogP contribution in [0.3, 0.4) is 0 Å². The van der Waals surface area contributed by atoms with Gasteiger partial charge in [-0.2, -0.15) is 0 Å². The maximum Gasteiger partial charge on any atom is 0.261 e. The number of ether oxygens (including phenoxy) is 1. The van der Waals surface area contributed by atoms with Gasteiger partial charge in [0.1, 0.15) is 23.5 Å². The Morgan fingerprint density at radius 3 is 2.52 bits per heavy atom. The quantitative estimate of drug-likeness (QED) is 0.399. The molecule has 10 heteroatoms. The summed E-state index contributed by atoms with van der Waals surface area (Å²) >= 11 is 0. The number of nitrogens with zero attached hydrogens (tertiary/aromatic N) is 3. The fraction of sp³-hybridized carbons (Fsp3) is 0.174. The molecule has 0 unspecified atom stereocenters. The zero-order chi connectivity index (χ0) is 23.8. The Kier molecular flexibility index (Phi) is 5.77. The Morgan fingerprint density at radius 2 is 1.85 bits per heavy atom. The predicted octanol–water partition coefficient (Wildman–Crippen LogP) is 3.63. The van der Waals surface area contributed by atoms with Crippen LogP contribution < -0.4 is 15.2 Å². The zero-order valence-electron chi connectivity index (χ0n) is 18.3. The summed E-state index contributed by atoms with van der Waals surface area (Å²) in [5.41, 5.74) is 7.55. The molecular formula is C23H23N5O4S. The van der Waals surface area contributed by atoms with E-state index in [4.69, 9.17) is 10.5 Å². The van der Waals surface area contributed by atoms with E-state index in [1.54, 1.807) is 36.5 Å². The molecule has 0 aliphatic carbocycles. The Morgan fingerprint density at radius 1 is 1.12 bits per heavy atom. The van der Waals surface area contributed by atoms with E-state index >= 15 is 0 Å². The highest BCUT2D eigenvalue weighted by Crippen LogP contribution is 2.29. The molecule has 4 aromatic rings. The van der Waals surface area contributed by atoms with Crippen molar-refractivity contribution in [2.45, 2.75) is 24.8 Å². The normalized spacial score (nSPS) is 11.6. The van der Waals surface area contributed by atoms with Gasteiger partial charge < -0.3 is 15.0 Å². The SMILES string of the molecule is COc1ccc(S(=O)(=O)Nc2cccc(C(=O)c3cn(C(C)C)c4ncnc(N)c34)c2)cc1. The number of sulfonamides is 1. The van der Waals surface area contributed by atoms with Gasteiger partial charge in [0, 0.05) is 23.5 Å². The average molecular weight is 466 g/mol. The van der Waals surface area contributed by atoms with Crippen molar-refractivity contribution in [1.29, 1.82) is 0 Å². The maximum atomic E-state index is 13.4. The predicted molar refractivity (Wildman–Crippen MR) is 126 cm³/mol. The molecule has 0 aliphatic rings. The molecule has 2 aromatic heterocycles. The van der Waals surface area contributed by atoms with E-state index in [1.807, 2.05) is 18.4 Å². The van der Waals surface area contributed by atoms with Gasteiger partial charge in [0.25, 0.3) is 10.0 Å². The fourth-order valence-electron chi connectivity index (χ4n) is 3.52. The second-order valence-corrected chi connectivity index (χ2v) is 9.37. The van der Waals surface area contributed by atoms with Crippen LogP contribution in [0.1, 0.15) is 35.8 Å². The van der Waals surface area contributed by atoms with Gasteiger partial charge in [-0.25, -0.2) is 18.4 Å². The number of hydrogen-bond donors (Lipinski definition) is 2. The average Bonchev–Trinajstić information content (AvgIpc) is 3.20. The lowest BCUT2D eigenvalue weighted by molar-refractivity contribution is 0.104. The molecule has 0 fully saturated rings. The van der Waals surface area contributed by atoms with Crippen LogP contribution in [0.5, 0.6) is 5.75 Å². The molecule has 0 saturated carbocycles. The molecule has 0 amide bonds. The van der Waals surface area contributed by atoms with Crippen LogP contribution in [0.2, 0.25) is 0 Å². The molecule has 0 saturated heterocycles. The smallest absolute Gasteiger partial charge is 0.261 e. The second kappa shape index (κ2) is 8.55. The number of carbonyl (C=O) groups excluding carboxylic acids is 1. The molecule has 0 bridgehead atoms. The first-order valence-electron chi connectivity index (χ1n) is 10.1. The highest BCUT2D eigenvalue weighted by atomic mass is 32.2. The third kappa shape index (κ3) is 4.24. The zero-order valence-corrected chi connectivity index (χ0v) is 19.1. The number of anilines is 2. The van der Waals surface area contributed by atoms with Gasteiger partial charge in [0.05, 0.1) is 23.0 Å². The number of nitrogen functional groups attached to an aromatic ring is 1. The first-order chi connectivity index (χ1) is 15.7. The highest BCUT2D eigenvalue weighted by Gasteiger charge is 2.22. The first kappa shape index (κ1) is 22.3. The summed E-state index contributed by atoms with van der Waals surface area (Å²) in [6.07, 6.45) is 3.07. The van der Waals surface area contributed by atoms with Crippen LogP contribution in [0.4, 0.5) is 11.5 Å². The number of carbonyl (C=O) groups is 1. The summed E-state index contributed by atoms with van der Waals surface area (Å²) in [5.74, 6) is 0.441. The van der Waals surface area contributed by atoms with E-state index in [-0.39, 0.29) is 28.2 Å². The number of rotatable bonds is 7. The van der Waals surface area contributed by atoms with Crippen molar-refractivity contribution in [2.24, 2.45) is 0 Å².